The smallest absolute Gasteiger partial charge is 0.139 e. The molecule has 0 radical (unpaired) electrons. The maximum absolute atomic E-state index is 9.63. The number of ether oxygens (including phenoxy) is 1. The Labute approximate surface area is 187 Å². The summed E-state index contributed by atoms with van der Waals surface area (Å²) < 4.78 is 6.13. The van der Waals surface area contributed by atoms with Crippen LogP contribution in [0.5, 0.6) is 5.75 Å². The Kier molecular flexibility index (Phi) is 5.53. The van der Waals surface area contributed by atoms with Gasteiger partial charge in [-0.05, 0) is 29.8 Å². The van der Waals surface area contributed by atoms with Crippen LogP contribution in [0.15, 0.2) is 48.7 Å². The normalized spacial score (nSPS) is 10.4. The van der Waals surface area contributed by atoms with E-state index in [9.17, 15) is 5.26 Å². The molecule has 0 spiro atoms. The molecule has 4 aromatic rings. The molecule has 0 bridgehead atoms. The Morgan fingerprint density at radius 2 is 1.90 bits per heavy atom. The molecule has 0 unspecified atom stereocenters. The lowest BCUT2D eigenvalue weighted by Gasteiger charge is -2.13. The second-order valence-corrected chi connectivity index (χ2v) is 8.16. The number of hydrogen-bond donors (Lipinski definition) is 1. The quantitative estimate of drug-likeness (QED) is 0.345. The van der Waals surface area contributed by atoms with Gasteiger partial charge in [0.25, 0.3) is 0 Å². The van der Waals surface area contributed by atoms with Crippen LogP contribution in [0, 0.1) is 23.7 Å². The van der Waals surface area contributed by atoms with Crippen molar-refractivity contribution in [2.45, 2.75) is 0 Å². The van der Waals surface area contributed by atoms with Crippen LogP contribution in [0.1, 0.15) is 11.1 Å². The van der Waals surface area contributed by atoms with Crippen LogP contribution in [-0.4, -0.2) is 12.1 Å². The molecule has 0 aliphatic heterocycles. The summed E-state index contributed by atoms with van der Waals surface area (Å²) in [6.45, 7) is 0. The maximum atomic E-state index is 9.63. The molecule has 0 fully saturated rings. The highest BCUT2D eigenvalue weighted by atomic mass is 35.5. The number of rotatable bonds is 4. The van der Waals surface area contributed by atoms with Crippen LogP contribution < -0.4 is 10.1 Å². The lowest BCUT2D eigenvalue weighted by atomic mass is 10.1. The van der Waals surface area contributed by atoms with Crippen molar-refractivity contribution in [3.05, 3.63) is 69.8 Å². The van der Waals surface area contributed by atoms with Gasteiger partial charge < -0.3 is 10.1 Å². The minimum absolute atomic E-state index is 0.405. The number of methoxy groups -OCH3 is 1. The summed E-state index contributed by atoms with van der Waals surface area (Å²) in [4.78, 5) is 5.45. The van der Waals surface area contributed by atoms with E-state index in [1.165, 1.54) is 18.4 Å². The summed E-state index contributed by atoms with van der Waals surface area (Å²) in [7, 11) is 1.53. The molecule has 2 heterocycles. The third-order valence-corrected chi connectivity index (χ3v) is 6.30. The average molecular weight is 450 g/mol. The van der Waals surface area contributed by atoms with Gasteiger partial charge in [-0.3, -0.25) is 4.98 Å². The molecule has 1 N–H and O–H groups in total. The Hall–Kier alpha value is -3.22. The van der Waals surface area contributed by atoms with Gasteiger partial charge in [0, 0.05) is 22.7 Å². The Morgan fingerprint density at radius 1 is 1.13 bits per heavy atom. The maximum Gasteiger partial charge on any atom is 0.139 e. The van der Waals surface area contributed by atoms with Crippen LogP contribution in [-0.2, 0) is 0 Å². The van der Waals surface area contributed by atoms with Crippen molar-refractivity contribution < 1.29 is 4.74 Å². The number of benzene rings is 2. The summed E-state index contributed by atoms with van der Waals surface area (Å²) in [5, 5.41) is 13.7. The highest BCUT2D eigenvalue weighted by molar-refractivity contribution is 7.22. The zero-order chi connectivity index (χ0) is 21.3. The van der Waals surface area contributed by atoms with E-state index in [0.717, 1.165) is 26.2 Å². The number of fused-ring (bicyclic) bond motifs is 1. The van der Waals surface area contributed by atoms with Crippen molar-refractivity contribution >= 4 is 56.1 Å². The summed E-state index contributed by atoms with van der Waals surface area (Å²) in [5.74, 6) is 3.09. The van der Waals surface area contributed by atoms with Gasteiger partial charge in [0.1, 0.15) is 11.8 Å². The van der Waals surface area contributed by atoms with Crippen LogP contribution in [0.3, 0.4) is 0 Å². The summed E-state index contributed by atoms with van der Waals surface area (Å²) >= 11 is 14.0. The van der Waals surface area contributed by atoms with Crippen molar-refractivity contribution in [2.24, 2.45) is 0 Å². The minimum atomic E-state index is 0.405. The highest BCUT2D eigenvalue weighted by Gasteiger charge is 2.16. The number of nitrogens with one attached hydrogen (secondary N) is 1. The number of pyridine rings is 1. The van der Waals surface area contributed by atoms with Crippen LogP contribution in [0.25, 0.3) is 20.7 Å². The fraction of sp³-hybridized carbons (Fsp3) is 0.0435. The van der Waals surface area contributed by atoms with E-state index in [4.69, 9.17) is 34.4 Å². The zero-order valence-corrected chi connectivity index (χ0v) is 18.0. The molecule has 0 saturated carbocycles. The number of thiophene rings is 1. The molecule has 4 rings (SSSR count). The summed E-state index contributed by atoms with van der Waals surface area (Å²) in [6.07, 6.45) is 6.99. The molecule has 0 aliphatic rings. The predicted molar refractivity (Wildman–Crippen MR) is 124 cm³/mol. The van der Waals surface area contributed by atoms with Gasteiger partial charge in [-0.1, -0.05) is 41.3 Å². The van der Waals surface area contributed by atoms with E-state index in [-0.39, 0.29) is 0 Å². The molecular formula is C23H13Cl2N3OS. The molecule has 0 saturated heterocycles. The largest absolute Gasteiger partial charge is 0.495 e. The standard InChI is InChI=1S/C23H13Cl2N3OS/c1-3-13-4-6-14(7-5-13)21-10-19-23(30-21)22(15(11-26)12-27-19)28-18-9-20(29-2)17(25)8-16(18)24/h1,4-10,12H,2H3,(H,27,28). The van der Waals surface area contributed by atoms with Gasteiger partial charge in [0.05, 0.1) is 44.3 Å². The van der Waals surface area contributed by atoms with E-state index < -0.39 is 0 Å². The van der Waals surface area contributed by atoms with E-state index in [1.807, 2.05) is 30.3 Å². The molecule has 0 aliphatic carbocycles. The topological polar surface area (TPSA) is 57.9 Å². The number of hydrogen-bond acceptors (Lipinski definition) is 5. The Morgan fingerprint density at radius 3 is 2.57 bits per heavy atom. The number of halogens is 2. The van der Waals surface area contributed by atoms with Crippen LogP contribution in [0.2, 0.25) is 10.0 Å². The first-order valence-corrected chi connectivity index (χ1v) is 10.3. The van der Waals surface area contributed by atoms with Crippen molar-refractivity contribution in [3.63, 3.8) is 0 Å². The van der Waals surface area contributed by atoms with E-state index in [2.05, 4.69) is 22.3 Å². The first-order chi connectivity index (χ1) is 14.5. The van der Waals surface area contributed by atoms with Gasteiger partial charge in [0.2, 0.25) is 0 Å². The van der Waals surface area contributed by atoms with Gasteiger partial charge in [0.15, 0.2) is 0 Å². The lowest BCUT2D eigenvalue weighted by molar-refractivity contribution is 0.415. The molecule has 7 heteroatoms. The van der Waals surface area contributed by atoms with Crippen LogP contribution in [0.4, 0.5) is 11.4 Å². The summed E-state index contributed by atoms with van der Waals surface area (Å²) in [5.41, 5.74) is 4.23. The summed E-state index contributed by atoms with van der Waals surface area (Å²) in [6, 6.07) is 15.2. The number of terminal acetylenes is 1. The van der Waals surface area contributed by atoms with Crippen LogP contribution >= 0.6 is 34.5 Å². The average Bonchev–Trinajstić information content (AvgIpc) is 3.20. The third-order valence-electron chi connectivity index (χ3n) is 4.50. The third kappa shape index (κ3) is 3.67. The monoisotopic (exact) mass is 449 g/mol. The van der Waals surface area contributed by atoms with Gasteiger partial charge >= 0.3 is 0 Å². The van der Waals surface area contributed by atoms with Crippen molar-refractivity contribution in [3.8, 4) is 34.6 Å². The molecule has 2 aromatic heterocycles. The Balaban J connectivity index is 1.84. The number of anilines is 2. The molecule has 146 valence electrons. The second kappa shape index (κ2) is 8.26. The highest BCUT2D eigenvalue weighted by Crippen LogP contribution is 2.41. The van der Waals surface area contributed by atoms with E-state index in [0.29, 0.717) is 32.7 Å². The lowest BCUT2D eigenvalue weighted by Crippen LogP contribution is -1.97. The van der Waals surface area contributed by atoms with Gasteiger partial charge in [-0.25, -0.2) is 0 Å². The zero-order valence-electron chi connectivity index (χ0n) is 15.7. The Bertz CT molecular complexity index is 1350. The van der Waals surface area contributed by atoms with Crippen molar-refractivity contribution in [2.75, 3.05) is 12.4 Å². The molecule has 30 heavy (non-hydrogen) atoms. The molecule has 4 nitrogen and oxygen atoms in total. The molecule has 2 aromatic carbocycles. The second-order valence-electron chi connectivity index (χ2n) is 6.30. The first kappa shape index (κ1) is 20.1. The van der Waals surface area contributed by atoms with Gasteiger partial charge in [-0.15, -0.1) is 17.8 Å². The minimum Gasteiger partial charge on any atom is -0.495 e. The number of nitriles is 1. The first-order valence-electron chi connectivity index (χ1n) is 8.73. The fourth-order valence-corrected chi connectivity index (χ4v) is 4.61. The molecule has 0 amide bonds. The van der Waals surface area contributed by atoms with Crippen molar-refractivity contribution in [1.29, 1.82) is 5.26 Å². The fourth-order valence-electron chi connectivity index (χ4n) is 2.98. The molecule has 0 atom stereocenters. The van der Waals surface area contributed by atoms with E-state index in [1.54, 1.807) is 18.3 Å². The van der Waals surface area contributed by atoms with E-state index >= 15 is 0 Å². The predicted octanol–water partition coefficient (Wildman–Crippen LogP) is 6.88. The number of aromatic nitrogens is 1. The SMILES string of the molecule is C#Cc1ccc(-c2cc3ncc(C#N)c(Nc4cc(OC)c(Cl)cc4Cl)c3s2)cc1. The molecular weight excluding hydrogens is 437 g/mol. The number of nitrogens with zero attached hydrogens (tertiary/aromatic N) is 2. The van der Waals surface area contributed by atoms with Gasteiger partial charge in [-0.2, -0.15) is 5.26 Å². The van der Waals surface area contributed by atoms with Crippen molar-refractivity contribution in [1.82, 2.24) is 4.98 Å².